The van der Waals surface area contributed by atoms with Crippen LogP contribution in [0.4, 0.5) is 5.69 Å². The van der Waals surface area contributed by atoms with Gasteiger partial charge in [-0.15, -0.1) is 11.3 Å². The molecule has 0 saturated heterocycles. The number of nitrogens with zero attached hydrogens (tertiary/aromatic N) is 1. The number of anilines is 1. The number of thiazole rings is 1. The van der Waals surface area contributed by atoms with Gasteiger partial charge in [0.15, 0.2) is 0 Å². The Morgan fingerprint density at radius 2 is 1.95 bits per heavy atom. The van der Waals surface area contributed by atoms with Crippen molar-refractivity contribution in [3.63, 3.8) is 0 Å². The van der Waals surface area contributed by atoms with Crippen LogP contribution in [-0.4, -0.2) is 10.9 Å². The topological polar surface area (TPSA) is 42.0 Å². The van der Waals surface area contributed by atoms with Gasteiger partial charge in [-0.05, 0) is 38.0 Å². The Morgan fingerprint density at radius 3 is 2.55 bits per heavy atom. The molecule has 1 amide bonds. The zero-order valence-corrected chi connectivity index (χ0v) is 13.4. The van der Waals surface area contributed by atoms with E-state index in [1.807, 2.05) is 39.0 Å². The lowest BCUT2D eigenvalue weighted by Crippen LogP contribution is -2.12. The number of carbonyl (C=O) groups is 1. The largest absolute Gasteiger partial charge is 0.321 e. The summed E-state index contributed by atoms with van der Waals surface area (Å²) >= 11 is 1.48. The lowest BCUT2D eigenvalue weighted by molar-refractivity contribution is 0.102. The first-order valence-corrected chi connectivity index (χ1v) is 7.56. The number of carbonyl (C=O) groups excluding carboxylic acids is 1. The molecule has 106 valence electrons. The van der Waals surface area contributed by atoms with Gasteiger partial charge in [0.1, 0.15) is 4.88 Å². The van der Waals surface area contributed by atoms with Gasteiger partial charge in [-0.25, -0.2) is 4.98 Å². The second-order valence-electron chi connectivity index (χ2n) is 5.32. The van der Waals surface area contributed by atoms with Crippen molar-refractivity contribution in [1.82, 2.24) is 4.98 Å². The molecule has 0 aliphatic heterocycles. The SMILES string of the molecule is Cc1cccc(NC(=O)c2sc(C(C)C)nc2C)c1C. The number of hydrogen-bond donors (Lipinski definition) is 1. The lowest BCUT2D eigenvalue weighted by Gasteiger charge is -2.09. The second-order valence-corrected chi connectivity index (χ2v) is 6.35. The van der Waals surface area contributed by atoms with E-state index in [0.717, 1.165) is 22.0 Å². The van der Waals surface area contributed by atoms with E-state index >= 15 is 0 Å². The molecule has 0 saturated carbocycles. The molecule has 1 heterocycles. The quantitative estimate of drug-likeness (QED) is 0.907. The summed E-state index contributed by atoms with van der Waals surface area (Å²) < 4.78 is 0. The van der Waals surface area contributed by atoms with E-state index in [4.69, 9.17) is 0 Å². The second kappa shape index (κ2) is 5.75. The van der Waals surface area contributed by atoms with Crippen LogP contribution in [0.25, 0.3) is 0 Å². The summed E-state index contributed by atoms with van der Waals surface area (Å²) in [6.45, 7) is 10.1. The summed E-state index contributed by atoms with van der Waals surface area (Å²) in [5.41, 5.74) is 3.95. The minimum Gasteiger partial charge on any atom is -0.321 e. The normalized spacial score (nSPS) is 10.9. The van der Waals surface area contributed by atoms with Gasteiger partial charge in [0.05, 0.1) is 10.7 Å². The molecule has 0 bridgehead atoms. The number of nitrogens with one attached hydrogen (secondary N) is 1. The first-order valence-electron chi connectivity index (χ1n) is 6.75. The van der Waals surface area contributed by atoms with Crippen molar-refractivity contribution in [2.75, 3.05) is 5.32 Å². The fraction of sp³-hybridized carbons (Fsp3) is 0.375. The maximum absolute atomic E-state index is 12.4. The Balaban J connectivity index is 2.26. The minimum absolute atomic E-state index is 0.0689. The molecule has 4 heteroatoms. The summed E-state index contributed by atoms with van der Waals surface area (Å²) in [5, 5.41) is 4.00. The van der Waals surface area contributed by atoms with Gasteiger partial charge in [-0.2, -0.15) is 0 Å². The summed E-state index contributed by atoms with van der Waals surface area (Å²) in [4.78, 5) is 17.6. The lowest BCUT2D eigenvalue weighted by atomic mass is 10.1. The van der Waals surface area contributed by atoms with Crippen molar-refractivity contribution < 1.29 is 4.79 Å². The third kappa shape index (κ3) is 2.90. The number of benzene rings is 1. The van der Waals surface area contributed by atoms with E-state index in [9.17, 15) is 4.79 Å². The zero-order valence-electron chi connectivity index (χ0n) is 12.6. The average molecular weight is 288 g/mol. The van der Waals surface area contributed by atoms with E-state index in [0.29, 0.717) is 10.8 Å². The molecule has 1 aromatic heterocycles. The Bertz CT molecular complexity index is 644. The van der Waals surface area contributed by atoms with Gasteiger partial charge in [-0.3, -0.25) is 4.79 Å². The van der Waals surface area contributed by atoms with Crippen molar-refractivity contribution in [3.05, 3.63) is 44.9 Å². The van der Waals surface area contributed by atoms with Crippen LogP contribution in [0, 0.1) is 20.8 Å². The van der Waals surface area contributed by atoms with Crippen molar-refractivity contribution in [1.29, 1.82) is 0 Å². The standard InChI is InChI=1S/C16H20N2OS/c1-9(2)16-17-12(5)14(20-16)15(19)18-13-8-6-7-10(3)11(13)4/h6-9H,1-5H3,(H,18,19). The monoisotopic (exact) mass is 288 g/mol. The van der Waals surface area contributed by atoms with E-state index < -0.39 is 0 Å². The predicted octanol–water partition coefficient (Wildman–Crippen LogP) is 4.44. The molecule has 0 unspecified atom stereocenters. The number of amides is 1. The van der Waals surface area contributed by atoms with E-state index in [2.05, 4.69) is 24.1 Å². The summed E-state index contributed by atoms with van der Waals surface area (Å²) in [6, 6.07) is 5.93. The minimum atomic E-state index is -0.0689. The Labute approximate surface area is 124 Å². The van der Waals surface area contributed by atoms with E-state index in [1.165, 1.54) is 16.9 Å². The third-order valence-corrected chi connectivity index (χ3v) is 4.82. The molecule has 0 atom stereocenters. The molecule has 2 rings (SSSR count). The van der Waals surface area contributed by atoms with E-state index in [-0.39, 0.29) is 5.91 Å². The molecule has 1 aromatic carbocycles. The van der Waals surface area contributed by atoms with Gasteiger partial charge < -0.3 is 5.32 Å². The average Bonchev–Trinajstić information content (AvgIpc) is 2.77. The fourth-order valence-electron chi connectivity index (χ4n) is 1.94. The molecule has 3 nitrogen and oxygen atoms in total. The van der Waals surface area contributed by atoms with Gasteiger partial charge in [0.25, 0.3) is 5.91 Å². The van der Waals surface area contributed by atoms with Crippen LogP contribution in [0.1, 0.15) is 51.3 Å². The maximum Gasteiger partial charge on any atom is 0.267 e. The van der Waals surface area contributed by atoms with Crippen LogP contribution >= 0.6 is 11.3 Å². The molecular weight excluding hydrogens is 268 g/mol. The summed E-state index contributed by atoms with van der Waals surface area (Å²) in [6.07, 6.45) is 0. The molecule has 2 aromatic rings. The Kier molecular flexibility index (Phi) is 4.23. The molecule has 0 aliphatic carbocycles. The maximum atomic E-state index is 12.4. The third-order valence-electron chi connectivity index (χ3n) is 3.37. The van der Waals surface area contributed by atoms with Gasteiger partial charge in [0.2, 0.25) is 0 Å². The van der Waals surface area contributed by atoms with Gasteiger partial charge >= 0.3 is 0 Å². The van der Waals surface area contributed by atoms with Crippen LogP contribution in [0.2, 0.25) is 0 Å². The Morgan fingerprint density at radius 1 is 1.25 bits per heavy atom. The molecule has 0 aliphatic rings. The first-order chi connectivity index (χ1) is 9.40. The van der Waals surface area contributed by atoms with Crippen molar-refractivity contribution in [2.24, 2.45) is 0 Å². The molecular formula is C16H20N2OS. The zero-order chi connectivity index (χ0) is 14.9. The number of rotatable bonds is 3. The van der Waals surface area contributed by atoms with Crippen LogP contribution in [0.3, 0.4) is 0 Å². The molecule has 0 spiro atoms. The summed E-state index contributed by atoms with van der Waals surface area (Å²) in [7, 11) is 0. The molecule has 0 radical (unpaired) electrons. The smallest absolute Gasteiger partial charge is 0.267 e. The fourth-order valence-corrected chi connectivity index (χ4v) is 2.90. The number of aryl methyl sites for hydroxylation is 2. The highest BCUT2D eigenvalue weighted by Gasteiger charge is 2.17. The van der Waals surface area contributed by atoms with Gasteiger partial charge in [-0.1, -0.05) is 26.0 Å². The predicted molar refractivity (Wildman–Crippen MR) is 84.8 cm³/mol. The number of hydrogen-bond acceptors (Lipinski definition) is 3. The van der Waals surface area contributed by atoms with E-state index in [1.54, 1.807) is 0 Å². The van der Waals surface area contributed by atoms with Gasteiger partial charge in [0, 0.05) is 11.6 Å². The highest BCUT2D eigenvalue weighted by Crippen LogP contribution is 2.26. The van der Waals surface area contributed by atoms with Crippen LogP contribution in [0.15, 0.2) is 18.2 Å². The highest BCUT2D eigenvalue weighted by molar-refractivity contribution is 7.14. The van der Waals surface area contributed by atoms with Crippen molar-refractivity contribution in [2.45, 2.75) is 40.5 Å². The van der Waals surface area contributed by atoms with Crippen molar-refractivity contribution in [3.8, 4) is 0 Å². The van der Waals surface area contributed by atoms with Crippen LogP contribution in [-0.2, 0) is 0 Å². The van der Waals surface area contributed by atoms with Crippen LogP contribution < -0.4 is 5.32 Å². The van der Waals surface area contributed by atoms with Crippen LogP contribution in [0.5, 0.6) is 0 Å². The molecule has 20 heavy (non-hydrogen) atoms. The number of aromatic nitrogens is 1. The molecule has 0 fully saturated rings. The first kappa shape index (κ1) is 14.7. The van der Waals surface area contributed by atoms with Crippen molar-refractivity contribution >= 4 is 22.9 Å². The summed E-state index contributed by atoms with van der Waals surface area (Å²) in [5.74, 6) is 0.279. The Hall–Kier alpha value is -1.68. The highest BCUT2D eigenvalue weighted by atomic mass is 32.1. The molecule has 1 N–H and O–H groups in total.